The fraction of sp³-hybridized carbons (Fsp3) is 0.923. The van der Waals surface area contributed by atoms with Gasteiger partial charge in [-0.25, -0.2) is 0 Å². The van der Waals surface area contributed by atoms with Gasteiger partial charge in [0, 0.05) is 5.54 Å². The number of nitriles is 1. The summed E-state index contributed by atoms with van der Waals surface area (Å²) in [6, 6.07) is 2.35. The molecule has 0 amide bonds. The molecule has 2 heteroatoms. The van der Waals surface area contributed by atoms with Gasteiger partial charge in [-0.05, 0) is 53.0 Å². The summed E-state index contributed by atoms with van der Waals surface area (Å²) in [4.78, 5) is 0. The van der Waals surface area contributed by atoms with Crippen LogP contribution in [-0.2, 0) is 0 Å². The number of hydrogen-bond donors (Lipinski definition) is 1. The Morgan fingerprint density at radius 1 is 1.33 bits per heavy atom. The fourth-order valence-electron chi connectivity index (χ4n) is 2.31. The topological polar surface area (TPSA) is 35.8 Å². The number of rotatable bonds is 5. The van der Waals surface area contributed by atoms with E-state index in [9.17, 15) is 0 Å². The molecule has 15 heavy (non-hydrogen) atoms. The van der Waals surface area contributed by atoms with Crippen molar-refractivity contribution in [3.8, 4) is 6.07 Å². The van der Waals surface area contributed by atoms with Crippen molar-refractivity contribution < 1.29 is 0 Å². The van der Waals surface area contributed by atoms with Gasteiger partial charge < -0.3 is 5.32 Å². The quantitative estimate of drug-likeness (QED) is 0.704. The highest BCUT2D eigenvalue weighted by molar-refractivity contribution is 4.92. The van der Waals surface area contributed by atoms with E-state index in [2.05, 4.69) is 18.3 Å². The van der Waals surface area contributed by atoms with Gasteiger partial charge in [0.25, 0.3) is 0 Å². The van der Waals surface area contributed by atoms with Crippen LogP contribution in [0.5, 0.6) is 0 Å². The highest BCUT2D eigenvalue weighted by Crippen LogP contribution is 2.29. The fourth-order valence-corrected chi connectivity index (χ4v) is 2.31. The normalized spacial score (nSPS) is 20.1. The Morgan fingerprint density at radius 2 is 1.93 bits per heavy atom. The first-order valence-electron chi connectivity index (χ1n) is 6.14. The van der Waals surface area contributed by atoms with Crippen molar-refractivity contribution in [2.75, 3.05) is 6.54 Å². The molecule has 0 aromatic carbocycles. The maximum Gasteiger partial charge on any atom is 0.0683 e. The van der Waals surface area contributed by atoms with Crippen molar-refractivity contribution in [1.82, 2.24) is 5.32 Å². The summed E-state index contributed by atoms with van der Waals surface area (Å²) in [6.45, 7) is 7.42. The van der Waals surface area contributed by atoms with Crippen LogP contribution in [0.2, 0.25) is 0 Å². The van der Waals surface area contributed by atoms with Crippen molar-refractivity contribution in [3.63, 3.8) is 0 Å². The van der Waals surface area contributed by atoms with E-state index in [0.29, 0.717) is 5.54 Å². The van der Waals surface area contributed by atoms with Crippen LogP contribution >= 0.6 is 0 Å². The third-order valence-corrected chi connectivity index (χ3v) is 3.54. The lowest BCUT2D eigenvalue weighted by Gasteiger charge is -2.26. The SMILES string of the molecule is CC(C)(C#N)CCCNC1(C)CCCC1. The molecular weight excluding hydrogens is 184 g/mol. The minimum absolute atomic E-state index is 0.155. The second-order valence-corrected chi connectivity index (χ2v) is 5.79. The van der Waals surface area contributed by atoms with Crippen LogP contribution in [0.1, 0.15) is 59.3 Å². The van der Waals surface area contributed by atoms with Crippen molar-refractivity contribution in [3.05, 3.63) is 0 Å². The molecule has 86 valence electrons. The van der Waals surface area contributed by atoms with Crippen LogP contribution < -0.4 is 5.32 Å². The highest BCUT2D eigenvalue weighted by atomic mass is 15.0. The van der Waals surface area contributed by atoms with Gasteiger partial charge in [-0.1, -0.05) is 12.8 Å². The predicted octanol–water partition coefficient (Wildman–Crippen LogP) is 3.24. The van der Waals surface area contributed by atoms with Crippen LogP contribution in [0.4, 0.5) is 0 Å². The molecule has 1 rings (SSSR count). The van der Waals surface area contributed by atoms with Crippen LogP contribution in [0.15, 0.2) is 0 Å². The molecule has 0 aliphatic heterocycles. The predicted molar refractivity (Wildman–Crippen MR) is 63.5 cm³/mol. The first kappa shape index (κ1) is 12.5. The molecule has 1 aliphatic carbocycles. The zero-order chi connectivity index (χ0) is 11.4. The molecule has 0 aromatic heterocycles. The van der Waals surface area contributed by atoms with Crippen molar-refractivity contribution in [2.45, 2.75) is 64.8 Å². The van der Waals surface area contributed by atoms with E-state index >= 15 is 0 Å². The summed E-state index contributed by atoms with van der Waals surface area (Å²) in [5, 5.41) is 12.5. The largest absolute Gasteiger partial charge is 0.312 e. The van der Waals surface area contributed by atoms with Gasteiger partial charge in [0.2, 0.25) is 0 Å². The van der Waals surface area contributed by atoms with Crippen molar-refractivity contribution >= 4 is 0 Å². The van der Waals surface area contributed by atoms with Gasteiger partial charge in [0.1, 0.15) is 0 Å². The Morgan fingerprint density at radius 3 is 2.47 bits per heavy atom. The summed E-state index contributed by atoms with van der Waals surface area (Å²) < 4.78 is 0. The molecule has 0 saturated heterocycles. The number of nitrogens with zero attached hydrogens (tertiary/aromatic N) is 1. The molecule has 0 unspecified atom stereocenters. The van der Waals surface area contributed by atoms with E-state index in [0.717, 1.165) is 19.4 Å². The van der Waals surface area contributed by atoms with E-state index < -0.39 is 0 Å². The Balaban J connectivity index is 2.14. The van der Waals surface area contributed by atoms with Gasteiger partial charge in [-0.2, -0.15) is 5.26 Å². The van der Waals surface area contributed by atoms with Gasteiger partial charge in [-0.15, -0.1) is 0 Å². The lowest BCUT2D eigenvalue weighted by atomic mass is 9.89. The highest BCUT2D eigenvalue weighted by Gasteiger charge is 2.27. The van der Waals surface area contributed by atoms with Gasteiger partial charge in [0.05, 0.1) is 11.5 Å². The molecule has 0 atom stereocenters. The summed E-state index contributed by atoms with van der Waals surface area (Å²) in [5.74, 6) is 0. The Labute approximate surface area is 94.1 Å². The smallest absolute Gasteiger partial charge is 0.0683 e. The number of nitrogens with one attached hydrogen (secondary N) is 1. The van der Waals surface area contributed by atoms with E-state index in [-0.39, 0.29) is 5.41 Å². The molecule has 0 heterocycles. The second kappa shape index (κ2) is 4.99. The minimum atomic E-state index is -0.155. The minimum Gasteiger partial charge on any atom is -0.312 e. The molecular formula is C13H24N2. The van der Waals surface area contributed by atoms with E-state index in [1.54, 1.807) is 0 Å². The molecule has 0 radical (unpaired) electrons. The third-order valence-electron chi connectivity index (χ3n) is 3.54. The monoisotopic (exact) mass is 208 g/mol. The molecule has 1 fully saturated rings. The van der Waals surface area contributed by atoms with Crippen LogP contribution in [0.3, 0.4) is 0 Å². The zero-order valence-corrected chi connectivity index (χ0v) is 10.4. The average molecular weight is 208 g/mol. The molecule has 2 nitrogen and oxygen atoms in total. The lowest BCUT2D eigenvalue weighted by Crippen LogP contribution is -2.40. The van der Waals surface area contributed by atoms with Gasteiger partial charge >= 0.3 is 0 Å². The molecule has 1 N–H and O–H groups in total. The van der Waals surface area contributed by atoms with Crippen LogP contribution in [0, 0.1) is 16.7 Å². The van der Waals surface area contributed by atoms with Crippen LogP contribution in [0.25, 0.3) is 0 Å². The maximum absolute atomic E-state index is 8.89. The first-order chi connectivity index (χ1) is 6.97. The molecule has 0 spiro atoms. The lowest BCUT2D eigenvalue weighted by molar-refractivity contribution is 0.343. The first-order valence-corrected chi connectivity index (χ1v) is 6.14. The van der Waals surface area contributed by atoms with E-state index in [1.807, 2.05) is 13.8 Å². The average Bonchev–Trinajstić information content (AvgIpc) is 2.61. The van der Waals surface area contributed by atoms with Crippen LogP contribution in [-0.4, -0.2) is 12.1 Å². The van der Waals surface area contributed by atoms with E-state index in [4.69, 9.17) is 5.26 Å². The van der Waals surface area contributed by atoms with Gasteiger partial charge in [0.15, 0.2) is 0 Å². The van der Waals surface area contributed by atoms with Gasteiger partial charge in [-0.3, -0.25) is 0 Å². The molecule has 1 saturated carbocycles. The zero-order valence-electron chi connectivity index (χ0n) is 10.4. The standard InChI is InChI=1S/C13H24N2/c1-12(2,11-14)7-6-10-15-13(3)8-4-5-9-13/h15H,4-10H2,1-3H3. The van der Waals surface area contributed by atoms with Crippen molar-refractivity contribution in [1.29, 1.82) is 5.26 Å². The van der Waals surface area contributed by atoms with Crippen molar-refractivity contribution in [2.24, 2.45) is 5.41 Å². The summed E-state index contributed by atoms with van der Waals surface area (Å²) in [6.07, 6.45) is 7.46. The second-order valence-electron chi connectivity index (χ2n) is 5.79. The molecule has 0 bridgehead atoms. The molecule has 0 aromatic rings. The molecule has 1 aliphatic rings. The Bertz CT molecular complexity index is 231. The summed E-state index contributed by atoms with van der Waals surface area (Å²) >= 11 is 0. The Hall–Kier alpha value is -0.550. The number of hydrogen-bond acceptors (Lipinski definition) is 2. The summed E-state index contributed by atoms with van der Waals surface area (Å²) in [5.41, 5.74) is 0.231. The Kier molecular flexibility index (Phi) is 4.16. The van der Waals surface area contributed by atoms with E-state index in [1.165, 1.54) is 25.7 Å². The summed E-state index contributed by atoms with van der Waals surface area (Å²) in [7, 11) is 0. The third kappa shape index (κ3) is 4.22. The maximum atomic E-state index is 8.89.